The van der Waals surface area contributed by atoms with Crippen LogP contribution in [-0.4, -0.2) is 17.4 Å². The summed E-state index contributed by atoms with van der Waals surface area (Å²) in [4.78, 5) is 15.5. The SMILES string of the molecule is N#CC(=Cc1cccc(Br)c1)C(=O)NCCc1c[nH]c2ccccc12. The van der Waals surface area contributed by atoms with Gasteiger partial charge in [-0.2, -0.15) is 5.26 Å². The molecular formula is C20H16BrN3O. The predicted molar refractivity (Wildman–Crippen MR) is 103 cm³/mol. The number of amides is 1. The van der Waals surface area contributed by atoms with Gasteiger partial charge in [0.2, 0.25) is 0 Å². The van der Waals surface area contributed by atoms with Gasteiger partial charge in [-0.15, -0.1) is 0 Å². The summed E-state index contributed by atoms with van der Waals surface area (Å²) in [5.41, 5.74) is 3.12. The van der Waals surface area contributed by atoms with E-state index in [1.54, 1.807) is 6.08 Å². The molecule has 0 saturated carbocycles. The zero-order valence-electron chi connectivity index (χ0n) is 13.4. The lowest BCUT2D eigenvalue weighted by atomic mass is 10.1. The van der Waals surface area contributed by atoms with Crippen LogP contribution in [0.15, 0.2) is 64.8 Å². The molecule has 0 aliphatic carbocycles. The number of halogens is 1. The lowest BCUT2D eigenvalue weighted by Gasteiger charge is -2.04. The number of carbonyl (C=O) groups is 1. The Kier molecular flexibility index (Phi) is 5.32. The highest BCUT2D eigenvalue weighted by Crippen LogP contribution is 2.18. The highest BCUT2D eigenvalue weighted by atomic mass is 79.9. The Morgan fingerprint density at radius 3 is 2.88 bits per heavy atom. The molecule has 0 radical (unpaired) electrons. The Bertz CT molecular complexity index is 982. The van der Waals surface area contributed by atoms with Gasteiger partial charge in [-0.25, -0.2) is 0 Å². The van der Waals surface area contributed by atoms with Gasteiger partial charge in [0.05, 0.1) is 0 Å². The Hall–Kier alpha value is -2.84. The summed E-state index contributed by atoms with van der Waals surface area (Å²) in [7, 11) is 0. The minimum Gasteiger partial charge on any atom is -0.361 e. The fraction of sp³-hybridized carbons (Fsp3) is 0.100. The maximum absolute atomic E-state index is 12.2. The summed E-state index contributed by atoms with van der Waals surface area (Å²) in [5, 5.41) is 13.2. The molecule has 25 heavy (non-hydrogen) atoms. The molecule has 3 rings (SSSR count). The van der Waals surface area contributed by atoms with Gasteiger partial charge in [-0.1, -0.05) is 46.3 Å². The van der Waals surface area contributed by atoms with E-state index in [2.05, 4.69) is 32.3 Å². The van der Waals surface area contributed by atoms with Crippen LogP contribution in [0.4, 0.5) is 0 Å². The van der Waals surface area contributed by atoms with Gasteiger partial charge in [-0.05, 0) is 41.8 Å². The molecule has 1 amide bonds. The average molecular weight is 394 g/mol. The van der Waals surface area contributed by atoms with Crippen LogP contribution < -0.4 is 5.32 Å². The van der Waals surface area contributed by atoms with E-state index in [1.807, 2.05) is 54.7 Å². The molecule has 0 spiro atoms. The Balaban J connectivity index is 1.64. The van der Waals surface area contributed by atoms with E-state index < -0.39 is 0 Å². The number of nitrogens with zero attached hydrogens (tertiary/aromatic N) is 1. The molecular weight excluding hydrogens is 378 g/mol. The lowest BCUT2D eigenvalue weighted by Crippen LogP contribution is -2.26. The van der Waals surface area contributed by atoms with Crippen LogP contribution in [0.25, 0.3) is 17.0 Å². The maximum atomic E-state index is 12.2. The lowest BCUT2D eigenvalue weighted by molar-refractivity contribution is -0.117. The number of benzene rings is 2. The van der Waals surface area contributed by atoms with Crippen molar-refractivity contribution in [2.45, 2.75) is 6.42 Å². The summed E-state index contributed by atoms with van der Waals surface area (Å²) in [6.07, 6.45) is 4.25. The van der Waals surface area contributed by atoms with Crippen molar-refractivity contribution in [3.63, 3.8) is 0 Å². The van der Waals surface area contributed by atoms with Crippen LogP contribution in [0.3, 0.4) is 0 Å². The Morgan fingerprint density at radius 2 is 2.08 bits per heavy atom. The molecule has 5 heteroatoms. The van der Waals surface area contributed by atoms with Crippen LogP contribution >= 0.6 is 15.9 Å². The van der Waals surface area contributed by atoms with Crippen LogP contribution in [-0.2, 0) is 11.2 Å². The van der Waals surface area contributed by atoms with E-state index in [0.717, 1.165) is 26.5 Å². The number of rotatable bonds is 5. The number of aromatic nitrogens is 1. The summed E-state index contributed by atoms with van der Waals surface area (Å²) in [6, 6.07) is 17.5. The van der Waals surface area contributed by atoms with Crippen molar-refractivity contribution in [2.75, 3.05) is 6.54 Å². The Labute approximate surface area is 154 Å². The first-order chi connectivity index (χ1) is 12.2. The summed E-state index contributed by atoms with van der Waals surface area (Å²) < 4.78 is 0.901. The van der Waals surface area contributed by atoms with Crippen molar-refractivity contribution in [2.24, 2.45) is 0 Å². The molecule has 0 saturated heterocycles. The van der Waals surface area contributed by atoms with Gasteiger partial charge in [0.1, 0.15) is 11.6 Å². The van der Waals surface area contributed by atoms with Crippen molar-refractivity contribution < 1.29 is 4.79 Å². The number of H-pyrrole nitrogens is 1. The largest absolute Gasteiger partial charge is 0.361 e. The average Bonchev–Trinajstić information content (AvgIpc) is 3.03. The molecule has 0 unspecified atom stereocenters. The second kappa shape index (κ2) is 7.82. The van der Waals surface area contributed by atoms with Crippen molar-refractivity contribution in [1.29, 1.82) is 5.26 Å². The topological polar surface area (TPSA) is 68.7 Å². The van der Waals surface area contributed by atoms with E-state index >= 15 is 0 Å². The van der Waals surface area contributed by atoms with Gasteiger partial charge < -0.3 is 10.3 Å². The third-order valence-electron chi connectivity index (χ3n) is 3.88. The molecule has 0 aliphatic rings. The first-order valence-corrected chi connectivity index (χ1v) is 8.67. The molecule has 2 aromatic carbocycles. The number of nitriles is 1. The second-order valence-electron chi connectivity index (χ2n) is 5.59. The minimum absolute atomic E-state index is 0.0945. The summed E-state index contributed by atoms with van der Waals surface area (Å²) in [6.45, 7) is 0.470. The van der Waals surface area contributed by atoms with E-state index in [0.29, 0.717) is 13.0 Å². The number of hydrogen-bond acceptors (Lipinski definition) is 2. The summed E-state index contributed by atoms with van der Waals surface area (Å²) >= 11 is 3.38. The molecule has 124 valence electrons. The highest BCUT2D eigenvalue weighted by Gasteiger charge is 2.09. The molecule has 1 aromatic heterocycles. The van der Waals surface area contributed by atoms with Gasteiger partial charge in [-0.3, -0.25) is 4.79 Å². The fourth-order valence-corrected chi connectivity index (χ4v) is 3.07. The van der Waals surface area contributed by atoms with Gasteiger partial charge >= 0.3 is 0 Å². The molecule has 0 atom stereocenters. The van der Waals surface area contributed by atoms with Crippen LogP contribution in [0, 0.1) is 11.3 Å². The number of carbonyl (C=O) groups excluding carboxylic acids is 1. The smallest absolute Gasteiger partial charge is 0.261 e. The minimum atomic E-state index is -0.359. The van der Waals surface area contributed by atoms with Crippen LogP contribution in [0.1, 0.15) is 11.1 Å². The van der Waals surface area contributed by atoms with Gasteiger partial charge in [0.15, 0.2) is 0 Å². The third kappa shape index (κ3) is 4.17. The first kappa shape index (κ1) is 17.0. The number of aromatic amines is 1. The monoisotopic (exact) mass is 393 g/mol. The Morgan fingerprint density at radius 1 is 1.24 bits per heavy atom. The van der Waals surface area contributed by atoms with Crippen molar-refractivity contribution in [1.82, 2.24) is 10.3 Å². The molecule has 1 heterocycles. The standard InChI is InChI=1S/C20H16BrN3O/c21-17-5-3-4-14(11-17)10-16(12-22)20(25)23-9-8-15-13-24-19-7-2-1-6-18(15)19/h1-7,10-11,13,24H,8-9H2,(H,23,25). The maximum Gasteiger partial charge on any atom is 0.261 e. The molecule has 4 nitrogen and oxygen atoms in total. The molecule has 0 bridgehead atoms. The van der Waals surface area contributed by atoms with Crippen molar-refractivity contribution in [3.05, 3.63) is 75.9 Å². The quantitative estimate of drug-likeness (QED) is 0.503. The zero-order valence-corrected chi connectivity index (χ0v) is 15.0. The molecule has 0 fully saturated rings. The number of hydrogen-bond donors (Lipinski definition) is 2. The van der Waals surface area contributed by atoms with E-state index in [1.165, 1.54) is 0 Å². The van der Waals surface area contributed by atoms with E-state index in [4.69, 9.17) is 0 Å². The normalized spacial score (nSPS) is 11.3. The highest BCUT2D eigenvalue weighted by molar-refractivity contribution is 9.10. The molecule has 3 aromatic rings. The number of fused-ring (bicyclic) bond motifs is 1. The fourth-order valence-electron chi connectivity index (χ4n) is 2.66. The predicted octanol–water partition coefficient (Wildman–Crippen LogP) is 4.20. The first-order valence-electron chi connectivity index (χ1n) is 7.88. The molecule has 0 aliphatic heterocycles. The molecule has 2 N–H and O–H groups in total. The van der Waals surface area contributed by atoms with Crippen molar-refractivity contribution >= 4 is 38.8 Å². The zero-order chi connectivity index (χ0) is 17.6. The number of para-hydroxylation sites is 1. The van der Waals surface area contributed by atoms with Gasteiger partial charge in [0, 0.05) is 28.1 Å². The van der Waals surface area contributed by atoms with E-state index in [9.17, 15) is 10.1 Å². The van der Waals surface area contributed by atoms with Crippen LogP contribution in [0.2, 0.25) is 0 Å². The van der Waals surface area contributed by atoms with Crippen molar-refractivity contribution in [3.8, 4) is 6.07 Å². The van der Waals surface area contributed by atoms with Crippen LogP contribution in [0.5, 0.6) is 0 Å². The third-order valence-corrected chi connectivity index (χ3v) is 4.37. The van der Waals surface area contributed by atoms with E-state index in [-0.39, 0.29) is 11.5 Å². The number of nitrogens with one attached hydrogen (secondary N) is 2. The second-order valence-corrected chi connectivity index (χ2v) is 6.51. The van der Waals surface area contributed by atoms with Gasteiger partial charge in [0.25, 0.3) is 5.91 Å². The summed E-state index contributed by atoms with van der Waals surface area (Å²) in [5.74, 6) is -0.359.